The van der Waals surface area contributed by atoms with E-state index in [9.17, 15) is 14.7 Å². The summed E-state index contributed by atoms with van der Waals surface area (Å²) >= 11 is 0. The van der Waals surface area contributed by atoms with Crippen molar-refractivity contribution in [3.05, 3.63) is 0 Å². The van der Waals surface area contributed by atoms with E-state index < -0.39 is 23.6 Å². The third kappa shape index (κ3) is 5.73. The van der Waals surface area contributed by atoms with Crippen LogP contribution in [-0.4, -0.2) is 48.6 Å². The summed E-state index contributed by atoms with van der Waals surface area (Å²) in [5.41, 5.74) is -1.90. The SMILES string of the molecule is CCCOC(OCCC)C(=O)C(CC)(OCCC)C(=O)O. The number of hydrogen-bond acceptors (Lipinski definition) is 5. The maximum absolute atomic E-state index is 12.6. The predicted molar refractivity (Wildman–Crippen MR) is 78.2 cm³/mol. The molecule has 0 spiro atoms. The molecule has 0 rings (SSSR count). The lowest BCUT2D eigenvalue weighted by molar-refractivity contribution is -0.200. The smallest absolute Gasteiger partial charge is 0.344 e. The molecule has 124 valence electrons. The highest BCUT2D eigenvalue weighted by atomic mass is 16.7. The van der Waals surface area contributed by atoms with Crippen molar-refractivity contribution in [1.29, 1.82) is 0 Å². The molecule has 0 aliphatic carbocycles. The molecule has 0 saturated heterocycles. The number of ether oxygens (including phenoxy) is 3. The van der Waals surface area contributed by atoms with E-state index in [-0.39, 0.29) is 13.0 Å². The zero-order valence-corrected chi connectivity index (χ0v) is 13.5. The van der Waals surface area contributed by atoms with E-state index in [4.69, 9.17) is 14.2 Å². The van der Waals surface area contributed by atoms with Crippen LogP contribution in [0.1, 0.15) is 53.4 Å². The van der Waals surface area contributed by atoms with Crippen LogP contribution < -0.4 is 0 Å². The van der Waals surface area contributed by atoms with Gasteiger partial charge in [0.05, 0.1) is 0 Å². The van der Waals surface area contributed by atoms with Crippen LogP contribution in [0.5, 0.6) is 0 Å². The maximum Gasteiger partial charge on any atom is 0.344 e. The van der Waals surface area contributed by atoms with E-state index >= 15 is 0 Å². The molecule has 0 aromatic heterocycles. The molecule has 0 heterocycles. The molecule has 0 amide bonds. The molecule has 1 unspecified atom stereocenters. The van der Waals surface area contributed by atoms with E-state index in [1.165, 1.54) is 0 Å². The number of hydrogen-bond donors (Lipinski definition) is 1. The Kier molecular flexibility index (Phi) is 10.2. The highest BCUT2D eigenvalue weighted by molar-refractivity contribution is 6.08. The van der Waals surface area contributed by atoms with E-state index in [0.29, 0.717) is 32.5 Å². The van der Waals surface area contributed by atoms with Gasteiger partial charge in [-0.3, -0.25) is 4.79 Å². The molecule has 0 aromatic carbocycles. The van der Waals surface area contributed by atoms with Crippen LogP contribution in [0.15, 0.2) is 0 Å². The Bertz CT molecular complexity index is 309. The molecule has 6 heteroatoms. The quantitative estimate of drug-likeness (QED) is 0.415. The number of carbonyl (C=O) groups excluding carboxylic acids is 1. The van der Waals surface area contributed by atoms with Crippen LogP contribution >= 0.6 is 0 Å². The highest BCUT2D eigenvalue weighted by Crippen LogP contribution is 2.22. The average molecular weight is 304 g/mol. The fourth-order valence-corrected chi connectivity index (χ4v) is 1.78. The van der Waals surface area contributed by atoms with Gasteiger partial charge in [-0.05, 0) is 25.7 Å². The van der Waals surface area contributed by atoms with E-state index in [2.05, 4.69) is 0 Å². The van der Waals surface area contributed by atoms with Crippen molar-refractivity contribution < 1.29 is 28.9 Å². The number of aliphatic carboxylic acids is 1. The van der Waals surface area contributed by atoms with Gasteiger partial charge in [0.15, 0.2) is 0 Å². The zero-order valence-electron chi connectivity index (χ0n) is 13.5. The maximum atomic E-state index is 12.6. The summed E-state index contributed by atoms with van der Waals surface area (Å²) < 4.78 is 16.1. The third-order valence-corrected chi connectivity index (χ3v) is 2.95. The molecule has 0 fully saturated rings. The van der Waals surface area contributed by atoms with Gasteiger partial charge in [-0.1, -0.05) is 27.7 Å². The Morgan fingerprint density at radius 3 is 1.76 bits per heavy atom. The Balaban J connectivity index is 5.19. The van der Waals surface area contributed by atoms with Crippen molar-refractivity contribution in [2.24, 2.45) is 0 Å². The second kappa shape index (κ2) is 10.7. The first-order chi connectivity index (χ1) is 9.99. The third-order valence-electron chi connectivity index (χ3n) is 2.95. The number of carboxylic acids is 1. The fourth-order valence-electron chi connectivity index (χ4n) is 1.78. The molecule has 6 nitrogen and oxygen atoms in total. The van der Waals surface area contributed by atoms with Crippen LogP contribution in [0.2, 0.25) is 0 Å². The molecule has 0 saturated carbocycles. The van der Waals surface area contributed by atoms with Gasteiger partial charge in [-0.15, -0.1) is 0 Å². The Labute approximate surface area is 126 Å². The minimum absolute atomic E-state index is 0.0304. The predicted octanol–water partition coefficient (Wildman–Crippen LogP) is 2.39. The second-order valence-corrected chi connectivity index (χ2v) is 4.77. The molecule has 0 bridgehead atoms. The molecule has 1 N–H and O–H groups in total. The largest absolute Gasteiger partial charge is 0.479 e. The fraction of sp³-hybridized carbons (Fsp3) is 0.867. The van der Waals surface area contributed by atoms with Crippen molar-refractivity contribution in [3.63, 3.8) is 0 Å². The van der Waals surface area contributed by atoms with Gasteiger partial charge < -0.3 is 19.3 Å². The molecule has 21 heavy (non-hydrogen) atoms. The minimum atomic E-state index is -1.90. The molecule has 0 aliphatic rings. The van der Waals surface area contributed by atoms with Crippen molar-refractivity contribution in [1.82, 2.24) is 0 Å². The van der Waals surface area contributed by atoms with Gasteiger partial charge in [0.1, 0.15) is 0 Å². The Hall–Kier alpha value is -0.980. The van der Waals surface area contributed by atoms with Crippen molar-refractivity contribution in [3.8, 4) is 0 Å². The molecule has 0 radical (unpaired) electrons. The lowest BCUT2D eigenvalue weighted by Crippen LogP contribution is -2.54. The van der Waals surface area contributed by atoms with Gasteiger partial charge in [-0.25, -0.2) is 4.79 Å². The van der Waals surface area contributed by atoms with E-state index in [0.717, 1.165) is 0 Å². The number of carbonyl (C=O) groups is 2. The number of ketones is 1. The van der Waals surface area contributed by atoms with E-state index in [1.807, 2.05) is 20.8 Å². The summed E-state index contributed by atoms with van der Waals surface area (Å²) in [4.78, 5) is 24.2. The number of rotatable bonds is 13. The molecular weight excluding hydrogens is 276 g/mol. The first kappa shape index (κ1) is 20.0. The van der Waals surface area contributed by atoms with Gasteiger partial charge in [0.25, 0.3) is 0 Å². The van der Waals surface area contributed by atoms with Crippen molar-refractivity contribution in [2.45, 2.75) is 65.3 Å². The summed E-state index contributed by atoms with van der Waals surface area (Å²) in [6.07, 6.45) is 0.877. The second-order valence-electron chi connectivity index (χ2n) is 4.77. The van der Waals surface area contributed by atoms with Crippen molar-refractivity contribution >= 4 is 11.8 Å². The molecule has 1 atom stereocenters. The monoisotopic (exact) mass is 304 g/mol. The Morgan fingerprint density at radius 2 is 1.43 bits per heavy atom. The number of carboxylic acid groups (broad SMARTS) is 1. The lowest BCUT2D eigenvalue weighted by Gasteiger charge is -2.30. The van der Waals surface area contributed by atoms with Gasteiger partial charge in [0.2, 0.25) is 17.7 Å². The zero-order chi connectivity index (χ0) is 16.3. The first-order valence-electron chi connectivity index (χ1n) is 7.64. The number of Topliss-reactive ketones (excluding diaryl/α,β-unsaturated/α-hetero) is 1. The van der Waals surface area contributed by atoms with Gasteiger partial charge in [0, 0.05) is 19.8 Å². The van der Waals surface area contributed by atoms with Gasteiger partial charge in [-0.2, -0.15) is 0 Å². The summed E-state index contributed by atoms with van der Waals surface area (Å²) in [5.74, 6) is -1.97. The molecule has 0 aliphatic heterocycles. The minimum Gasteiger partial charge on any atom is -0.479 e. The van der Waals surface area contributed by atoms with E-state index in [1.54, 1.807) is 6.92 Å². The Morgan fingerprint density at radius 1 is 0.952 bits per heavy atom. The van der Waals surface area contributed by atoms with Crippen LogP contribution in [0, 0.1) is 0 Å². The van der Waals surface area contributed by atoms with Crippen LogP contribution in [0.4, 0.5) is 0 Å². The topological polar surface area (TPSA) is 82.1 Å². The first-order valence-corrected chi connectivity index (χ1v) is 7.64. The normalized spacial score (nSPS) is 14.1. The van der Waals surface area contributed by atoms with Crippen molar-refractivity contribution in [2.75, 3.05) is 19.8 Å². The van der Waals surface area contributed by atoms with Crippen LogP contribution in [0.3, 0.4) is 0 Å². The summed E-state index contributed by atoms with van der Waals surface area (Å²) in [6.45, 7) is 8.11. The van der Waals surface area contributed by atoms with Gasteiger partial charge >= 0.3 is 5.97 Å². The summed E-state index contributed by atoms with van der Waals surface area (Å²) in [6, 6.07) is 0. The van der Waals surface area contributed by atoms with Crippen LogP contribution in [-0.2, 0) is 23.8 Å². The standard InChI is InChI=1S/C15H28O6/c1-5-9-19-13(20-10-6-2)12(16)15(8-4,14(17)18)21-11-7-3/h13H,5-11H2,1-4H3,(H,17,18). The van der Waals surface area contributed by atoms with Crippen LogP contribution in [0.25, 0.3) is 0 Å². The lowest BCUT2D eigenvalue weighted by atomic mass is 9.94. The summed E-state index contributed by atoms with van der Waals surface area (Å²) in [5, 5.41) is 9.46. The summed E-state index contributed by atoms with van der Waals surface area (Å²) in [7, 11) is 0. The highest BCUT2D eigenvalue weighted by Gasteiger charge is 2.49. The molecule has 0 aromatic rings. The molecular formula is C15H28O6. The average Bonchev–Trinajstić information content (AvgIpc) is 2.48.